The number of ether oxygens (including phenoxy) is 1. The van der Waals surface area contributed by atoms with Crippen LogP contribution in [-0.2, 0) is 20.7 Å². The van der Waals surface area contributed by atoms with E-state index >= 15 is 0 Å². The molecule has 1 aromatic heterocycles. The van der Waals surface area contributed by atoms with Crippen LogP contribution in [0.15, 0.2) is 30.2 Å². The maximum absolute atomic E-state index is 12.7. The molecule has 3 rings (SSSR count). The van der Waals surface area contributed by atoms with Gasteiger partial charge in [0.2, 0.25) is 11.8 Å². The fourth-order valence-corrected chi connectivity index (χ4v) is 4.49. The highest BCUT2D eigenvalue weighted by Gasteiger charge is 2.33. The van der Waals surface area contributed by atoms with E-state index < -0.39 is 11.9 Å². The Kier molecular flexibility index (Phi) is 5.48. The van der Waals surface area contributed by atoms with Crippen LogP contribution in [0.4, 0.5) is 0 Å². The number of rotatable bonds is 4. The second-order valence-corrected chi connectivity index (χ2v) is 9.36. The molecule has 0 aliphatic carbocycles. The van der Waals surface area contributed by atoms with Gasteiger partial charge in [-0.2, -0.15) is 0 Å². The molecule has 0 saturated carbocycles. The summed E-state index contributed by atoms with van der Waals surface area (Å²) in [7, 11) is 0. The summed E-state index contributed by atoms with van der Waals surface area (Å²) in [6.07, 6.45) is 5.53. The predicted molar refractivity (Wildman–Crippen MR) is 110 cm³/mol. The highest BCUT2D eigenvalue weighted by Crippen LogP contribution is 2.38. The number of hydrogen-bond donors (Lipinski definition) is 1. The zero-order valence-corrected chi connectivity index (χ0v) is 17.7. The molecule has 0 aromatic carbocycles. The van der Waals surface area contributed by atoms with Crippen LogP contribution in [0.2, 0.25) is 0 Å². The molecule has 28 heavy (non-hydrogen) atoms. The van der Waals surface area contributed by atoms with E-state index in [1.54, 1.807) is 4.90 Å². The molecular formula is C21H27N3O3S. The first-order valence-corrected chi connectivity index (χ1v) is 10.2. The Morgan fingerprint density at radius 1 is 1.39 bits per heavy atom. The van der Waals surface area contributed by atoms with E-state index in [2.05, 4.69) is 32.3 Å². The SMILES string of the molecule is C=C1C=C(c2sc(CC(=O)N3CCC[C@@H]3C(N)=O)nc2C)C=C(C(C)(C)C)O1. The minimum absolute atomic E-state index is 0.0992. The second kappa shape index (κ2) is 7.54. The van der Waals surface area contributed by atoms with Crippen LogP contribution < -0.4 is 5.73 Å². The lowest BCUT2D eigenvalue weighted by molar-refractivity contribution is -0.136. The van der Waals surface area contributed by atoms with E-state index in [0.717, 1.165) is 33.3 Å². The lowest BCUT2D eigenvalue weighted by atomic mass is 9.91. The lowest BCUT2D eigenvalue weighted by Gasteiger charge is -2.26. The average molecular weight is 402 g/mol. The number of carbonyl (C=O) groups excluding carboxylic acids is 2. The van der Waals surface area contributed by atoms with Crippen LogP contribution in [0.25, 0.3) is 5.57 Å². The number of thiazole rings is 1. The quantitative estimate of drug-likeness (QED) is 0.838. The smallest absolute Gasteiger partial charge is 0.240 e. The zero-order chi connectivity index (χ0) is 20.6. The van der Waals surface area contributed by atoms with Crippen LogP contribution in [0, 0.1) is 12.3 Å². The van der Waals surface area contributed by atoms with E-state index in [1.165, 1.54) is 11.3 Å². The summed E-state index contributed by atoms with van der Waals surface area (Å²) in [5, 5.41) is 0.733. The van der Waals surface area contributed by atoms with Gasteiger partial charge in [0.25, 0.3) is 0 Å². The highest BCUT2D eigenvalue weighted by atomic mass is 32.1. The molecule has 2 N–H and O–H groups in total. The molecule has 1 atom stereocenters. The molecule has 0 spiro atoms. The second-order valence-electron chi connectivity index (χ2n) is 8.27. The zero-order valence-electron chi connectivity index (χ0n) is 16.9. The number of aryl methyl sites for hydroxylation is 1. The monoisotopic (exact) mass is 401 g/mol. The molecule has 1 fully saturated rings. The number of primary amides is 1. The Morgan fingerprint density at radius 3 is 2.75 bits per heavy atom. The lowest BCUT2D eigenvalue weighted by Crippen LogP contribution is -2.44. The van der Waals surface area contributed by atoms with Crippen molar-refractivity contribution in [2.45, 2.75) is 53.0 Å². The molecule has 6 nitrogen and oxygen atoms in total. The summed E-state index contributed by atoms with van der Waals surface area (Å²) in [5.74, 6) is 0.904. The van der Waals surface area contributed by atoms with Gasteiger partial charge < -0.3 is 15.4 Å². The van der Waals surface area contributed by atoms with Crippen molar-refractivity contribution in [3.8, 4) is 0 Å². The summed E-state index contributed by atoms with van der Waals surface area (Å²) in [5.41, 5.74) is 7.15. The highest BCUT2D eigenvalue weighted by molar-refractivity contribution is 7.13. The van der Waals surface area contributed by atoms with Gasteiger partial charge in [0, 0.05) is 17.5 Å². The molecule has 2 aliphatic rings. The molecule has 1 saturated heterocycles. The van der Waals surface area contributed by atoms with Gasteiger partial charge in [-0.1, -0.05) is 27.4 Å². The Labute approximate surface area is 169 Å². The average Bonchev–Trinajstić information content (AvgIpc) is 3.20. The third-order valence-electron chi connectivity index (χ3n) is 4.89. The molecule has 0 unspecified atom stereocenters. The van der Waals surface area contributed by atoms with E-state index in [1.807, 2.05) is 19.1 Å². The van der Waals surface area contributed by atoms with Crippen molar-refractivity contribution in [2.75, 3.05) is 6.54 Å². The maximum Gasteiger partial charge on any atom is 0.240 e. The number of aromatic nitrogens is 1. The predicted octanol–water partition coefficient (Wildman–Crippen LogP) is 3.33. The minimum atomic E-state index is -0.494. The number of nitrogens with two attached hydrogens (primary N) is 1. The summed E-state index contributed by atoms with van der Waals surface area (Å²) in [6.45, 7) is 12.7. The van der Waals surface area contributed by atoms with Crippen LogP contribution in [-0.4, -0.2) is 34.3 Å². The van der Waals surface area contributed by atoms with Crippen molar-refractivity contribution in [3.05, 3.63) is 45.8 Å². The van der Waals surface area contributed by atoms with E-state index in [0.29, 0.717) is 18.7 Å². The Morgan fingerprint density at radius 2 is 2.11 bits per heavy atom. The van der Waals surface area contributed by atoms with E-state index in [9.17, 15) is 9.59 Å². The van der Waals surface area contributed by atoms with Crippen molar-refractivity contribution in [1.29, 1.82) is 0 Å². The molecule has 0 bridgehead atoms. The molecule has 2 aliphatic heterocycles. The third-order valence-corrected chi connectivity index (χ3v) is 6.10. The van der Waals surface area contributed by atoms with Crippen molar-refractivity contribution in [1.82, 2.24) is 9.88 Å². The van der Waals surface area contributed by atoms with E-state index in [4.69, 9.17) is 10.5 Å². The van der Waals surface area contributed by atoms with Gasteiger partial charge in [-0.05, 0) is 31.9 Å². The van der Waals surface area contributed by atoms with Crippen LogP contribution in [0.3, 0.4) is 0 Å². The Bertz CT molecular complexity index is 889. The topological polar surface area (TPSA) is 85.5 Å². The van der Waals surface area contributed by atoms with Crippen LogP contribution >= 0.6 is 11.3 Å². The molecule has 7 heteroatoms. The maximum atomic E-state index is 12.7. The largest absolute Gasteiger partial charge is 0.462 e. The standard InChI is InChI=1S/C21H27N3O3S/c1-12-9-14(10-16(27-12)21(3,4)5)19-13(2)23-17(28-19)11-18(25)24-8-6-7-15(24)20(22)26/h9-10,15H,1,6-8,11H2,2-5H3,(H2,22,26)/t15-/m1/s1. The fourth-order valence-electron chi connectivity index (χ4n) is 3.44. The molecule has 1 aromatic rings. The van der Waals surface area contributed by atoms with Crippen molar-refractivity contribution in [3.63, 3.8) is 0 Å². The van der Waals surface area contributed by atoms with Crippen LogP contribution in [0.5, 0.6) is 0 Å². The van der Waals surface area contributed by atoms with Crippen molar-refractivity contribution in [2.24, 2.45) is 11.1 Å². The summed E-state index contributed by atoms with van der Waals surface area (Å²) in [6, 6.07) is -0.494. The number of nitrogens with zero attached hydrogens (tertiary/aromatic N) is 2. The normalized spacial score (nSPS) is 19.9. The summed E-state index contributed by atoms with van der Waals surface area (Å²) < 4.78 is 5.79. The van der Waals surface area contributed by atoms with Gasteiger partial charge in [-0.3, -0.25) is 9.59 Å². The minimum Gasteiger partial charge on any atom is -0.462 e. The molecular weight excluding hydrogens is 374 g/mol. The van der Waals surface area contributed by atoms with Gasteiger partial charge >= 0.3 is 0 Å². The Hall–Kier alpha value is -2.41. The number of hydrogen-bond acceptors (Lipinski definition) is 5. The van der Waals surface area contributed by atoms with Gasteiger partial charge in [0.05, 0.1) is 17.0 Å². The fraction of sp³-hybridized carbons (Fsp3) is 0.476. The van der Waals surface area contributed by atoms with E-state index in [-0.39, 0.29) is 17.7 Å². The van der Waals surface area contributed by atoms with Gasteiger partial charge in [0.1, 0.15) is 22.6 Å². The first kappa shape index (κ1) is 20.3. The number of allylic oxidation sites excluding steroid dienone is 4. The van der Waals surface area contributed by atoms with Gasteiger partial charge in [-0.25, -0.2) is 4.98 Å². The number of amides is 2. The Balaban J connectivity index is 1.82. The van der Waals surface area contributed by atoms with Gasteiger partial charge in [-0.15, -0.1) is 11.3 Å². The number of likely N-dealkylation sites (tertiary alicyclic amines) is 1. The third kappa shape index (κ3) is 4.19. The first-order valence-electron chi connectivity index (χ1n) is 9.42. The molecule has 2 amide bonds. The van der Waals surface area contributed by atoms with Crippen molar-refractivity contribution < 1.29 is 14.3 Å². The first-order chi connectivity index (χ1) is 13.1. The summed E-state index contributed by atoms with van der Waals surface area (Å²) in [4.78, 5) is 31.4. The summed E-state index contributed by atoms with van der Waals surface area (Å²) >= 11 is 1.49. The van der Waals surface area contributed by atoms with Gasteiger partial charge in [0.15, 0.2) is 0 Å². The molecule has 150 valence electrons. The van der Waals surface area contributed by atoms with Crippen molar-refractivity contribution >= 4 is 28.7 Å². The van der Waals surface area contributed by atoms with Crippen LogP contribution in [0.1, 0.15) is 49.2 Å². The number of carbonyl (C=O) groups is 2. The molecule has 0 radical (unpaired) electrons. The molecule has 3 heterocycles.